The molecule has 3 rings (SSSR count). The van der Waals surface area contributed by atoms with Crippen molar-refractivity contribution < 1.29 is 4.90 Å². The molecule has 4 N–H and O–H groups in total. The first-order chi connectivity index (χ1) is 13.1. The van der Waals surface area contributed by atoms with Crippen molar-refractivity contribution in [1.29, 1.82) is 0 Å². The van der Waals surface area contributed by atoms with Crippen LogP contribution in [0.1, 0.15) is 23.5 Å². The van der Waals surface area contributed by atoms with Crippen LogP contribution in [0.3, 0.4) is 0 Å². The van der Waals surface area contributed by atoms with Crippen LogP contribution in [0.2, 0.25) is 0 Å². The first-order valence-electron chi connectivity index (χ1n) is 9.57. The van der Waals surface area contributed by atoms with E-state index < -0.39 is 0 Å². The number of fused-ring (bicyclic) bond motifs is 1. The normalized spacial score (nSPS) is 12.3. The summed E-state index contributed by atoms with van der Waals surface area (Å²) in [5.41, 5.74) is 3.75. The number of aromatic amines is 1. The smallest absolute Gasteiger partial charge is 0.166 e. The molecule has 142 valence electrons. The number of nitrogens with one attached hydrogen (secondary N) is 4. The lowest BCUT2D eigenvalue weighted by Crippen LogP contribution is -3.05. The number of rotatable bonds is 8. The van der Waals surface area contributed by atoms with E-state index in [0.29, 0.717) is 0 Å². The minimum absolute atomic E-state index is 0.230. The van der Waals surface area contributed by atoms with Crippen molar-refractivity contribution in [2.45, 2.75) is 12.3 Å². The summed E-state index contributed by atoms with van der Waals surface area (Å²) in [7, 11) is 4.34. The molecule has 0 radical (unpaired) electrons. The Kier molecular flexibility index (Phi) is 6.85. The fourth-order valence-corrected chi connectivity index (χ4v) is 3.56. The lowest BCUT2D eigenvalue weighted by Gasteiger charge is -2.20. The van der Waals surface area contributed by atoms with E-state index in [9.17, 15) is 0 Å². The second kappa shape index (κ2) is 9.53. The molecule has 0 unspecified atom stereocenters. The van der Waals surface area contributed by atoms with Crippen LogP contribution >= 0.6 is 12.2 Å². The van der Waals surface area contributed by atoms with Gasteiger partial charge in [0.15, 0.2) is 5.11 Å². The van der Waals surface area contributed by atoms with Crippen LogP contribution in [-0.2, 0) is 0 Å². The summed E-state index contributed by atoms with van der Waals surface area (Å²) in [6.45, 7) is 2.80. The molecule has 1 heterocycles. The molecule has 4 nitrogen and oxygen atoms in total. The summed E-state index contributed by atoms with van der Waals surface area (Å²) < 4.78 is 0. The minimum Gasteiger partial charge on any atom is -0.363 e. The van der Waals surface area contributed by atoms with E-state index in [1.165, 1.54) is 26.9 Å². The van der Waals surface area contributed by atoms with E-state index in [1.54, 1.807) is 0 Å². The zero-order chi connectivity index (χ0) is 19.1. The van der Waals surface area contributed by atoms with Crippen LogP contribution in [0.5, 0.6) is 0 Å². The van der Waals surface area contributed by atoms with Gasteiger partial charge in [0.1, 0.15) is 0 Å². The van der Waals surface area contributed by atoms with Gasteiger partial charge in [-0.05, 0) is 29.4 Å². The summed E-state index contributed by atoms with van der Waals surface area (Å²) >= 11 is 5.49. The summed E-state index contributed by atoms with van der Waals surface area (Å²) in [4.78, 5) is 4.86. The molecule has 3 aromatic rings. The van der Waals surface area contributed by atoms with Gasteiger partial charge >= 0.3 is 0 Å². The third-order valence-electron chi connectivity index (χ3n) is 4.80. The Labute approximate surface area is 167 Å². The molecule has 1 aromatic heterocycles. The molecule has 0 aliphatic carbocycles. The van der Waals surface area contributed by atoms with Gasteiger partial charge in [-0.3, -0.25) is 0 Å². The average Bonchev–Trinajstić information content (AvgIpc) is 3.10. The molecule has 0 saturated heterocycles. The Morgan fingerprint density at radius 1 is 1.04 bits per heavy atom. The summed E-state index contributed by atoms with van der Waals surface area (Å²) in [5.74, 6) is 0.230. The molecular weight excluding hydrogens is 352 g/mol. The van der Waals surface area contributed by atoms with Crippen LogP contribution in [-0.4, -0.2) is 43.8 Å². The fraction of sp³-hybridized carbons (Fsp3) is 0.318. The molecule has 0 aliphatic heterocycles. The van der Waals surface area contributed by atoms with Gasteiger partial charge in [0, 0.05) is 42.5 Å². The molecule has 0 saturated carbocycles. The Bertz CT molecular complexity index is 857. The second-order valence-corrected chi connectivity index (χ2v) is 7.61. The highest BCUT2D eigenvalue weighted by atomic mass is 32.1. The molecule has 1 atom stereocenters. The maximum Gasteiger partial charge on any atom is 0.166 e. The van der Waals surface area contributed by atoms with Crippen LogP contribution < -0.4 is 15.5 Å². The highest BCUT2D eigenvalue weighted by molar-refractivity contribution is 7.80. The van der Waals surface area contributed by atoms with Gasteiger partial charge in [0.2, 0.25) is 0 Å². The fourth-order valence-electron chi connectivity index (χ4n) is 3.38. The number of hydrogen-bond acceptors (Lipinski definition) is 1. The molecule has 0 aliphatic rings. The van der Waals surface area contributed by atoms with Crippen molar-refractivity contribution in [3.05, 3.63) is 71.9 Å². The predicted molar refractivity (Wildman–Crippen MR) is 117 cm³/mol. The van der Waals surface area contributed by atoms with Gasteiger partial charge in [-0.15, -0.1) is 0 Å². The number of benzene rings is 2. The Hall–Kier alpha value is -2.37. The van der Waals surface area contributed by atoms with E-state index in [1.807, 2.05) is 0 Å². The second-order valence-electron chi connectivity index (χ2n) is 7.20. The molecule has 0 fully saturated rings. The predicted octanol–water partition coefficient (Wildman–Crippen LogP) is 2.30. The topological polar surface area (TPSA) is 44.3 Å². The number of para-hydroxylation sites is 1. The first kappa shape index (κ1) is 19.4. The van der Waals surface area contributed by atoms with Crippen molar-refractivity contribution in [2.24, 2.45) is 0 Å². The molecule has 0 amide bonds. The first-order valence-corrected chi connectivity index (χ1v) is 9.97. The van der Waals surface area contributed by atoms with E-state index in [4.69, 9.17) is 12.2 Å². The number of hydrogen-bond donors (Lipinski definition) is 4. The zero-order valence-corrected chi connectivity index (χ0v) is 16.9. The maximum atomic E-state index is 5.49. The van der Waals surface area contributed by atoms with Gasteiger partial charge in [0.25, 0.3) is 0 Å². The van der Waals surface area contributed by atoms with Crippen LogP contribution in [0.15, 0.2) is 60.8 Å². The average molecular weight is 382 g/mol. The Morgan fingerprint density at radius 2 is 1.78 bits per heavy atom. The summed E-state index contributed by atoms with van der Waals surface area (Å²) in [6, 6.07) is 19.1. The summed E-state index contributed by atoms with van der Waals surface area (Å²) in [5, 5.41) is 8.74. The number of aromatic nitrogens is 1. The molecule has 0 spiro atoms. The lowest BCUT2D eigenvalue weighted by molar-refractivity contribution is -0.858. The third-order valence-corrected chi connectivity index (χ3v) is 5.09. The van der Waals surface area contributed by atoms with Crippen LogP contribution in [0.25, 0.3) is 10.9 Å². The van der Waals surface area contributed by atoms with Gasteiger partial charge in [0.05, 0.1) is 20.6 Å². The highest BCUT2D eigenvalue weighted by Crippen LogP contribution is 2.30. The van der Waals surface area contributed by atoms with Crippen molar-refractivity contribution in [2.75, 3.05) is 33.7 Å². The standard InChI is InChI=1S/C22H28N4S/c1-26(2)14-8-13-23-22(27)25-15-19(17-9-4-3-5-10-17)20-16-24-21-12-7-6-11-18(20)21/h3-7,9-12,16,19,24H,8,13-15H2,1-2H3,(H2,23,25,27)/p+1/t19-/m0/s1. The lowest BCUT2D eigenvalue weighted by atomic mass is 9.91. The van der Waals surface area contributed by atoms with E-state index in [-0.39, 0.29) is 5.92 Å². The van der Waals surface area contributed by atoms with E-state index in [0.717, 1.165) is 31.2 Å². The van der Waals surface area contributed by atoms with E-state index in [2.05, 4.69) is 90.5 Å². The molecular formula is C22H29N4S+. The molecule has 27 heavy (non-hydrogen) atoms. The quantitative estimate of drug-likeness (QED) is 0.358. The van der Waals surface area contributed by atoms with Crippen LogP contribution in [0.4, 0.5) is 0 Å². The van der Waals surface area contributed by atoms with Gasteiger partial charge in [-0.25, -0.2) is 0 Å². The number of H-pyrrole nitrogens is 1. The largest absolute Gasteiger partial charge is 0.363 e. The van der Waals surface area contributed by atoms with E-state index >= 15 is 0 Å². The summed E-state index contributed by atoms with van der Waals surface area (Å²) in [6.07, 6.45) is 3.23. The van der Waals surface area contributed by atoms with Crippen LogP contribution in [0, 0.1) is 0 Å². The Balaban J connectivity index is 1.70. The SMILES string of the molecule is C[NH+](C)CCCNC(=S)NC[C@@H](c1ccccc1)c1c[nH]c2ccccc12. The van der Waals surface area contributed by atoms with Gasteiger partial charge < -0.3 is 20.5 Å². The Morgan fingerprint density at radius 3 is 2.56 bits per heavy atom. The maximum absolute atomic E-state index is 5.49. The van der Waals surface area contributed by atoms with Gasteiger partial charge in [-0.2, -0.15) is 0 Å². The number of thiocarbonyl (C=S) groups is 1. The third kappa shape index (κ3) is 5.31. The zero-order valence-electron chi connectivity index (χ0n) is 16.1. The van der Waals surface area contributed by atoms with Crippen molar-refractivity contribution in [3.63, 3.8) is 0 Å². The minimum atomic E-state index is 0.230. The van der Waals surface area contributed by atoms with Crippen molar-refractivity contribution in [1.82, 2.24) is 15.6 Å². The highest BCUT2D eigenvalue weighted by Gasteiger charge is 2.18. The molecule has 5 heteroatoms. The van der Waals surface area contributed by atoms with Crippen molar-refractivity contribution >= 4 is 28.2 Å². The molecule has 2 aromatic carbocycles. The van der Waals surface area contributed by atoms with Gasteiger partial charge in [-0.1, -0.05) is 48.5 Å². The number of quaternary nitrogens is 1. The molecule has 0 bridgehead atoms. The van der Waals surface area contributed by atoms with Crippen molar-refractivity contribution in [3.8, 4) is 0 Å². The monoisotopic (exact) mass is 381 g/mol.